The van der Waals surface area contributed by atoms with Gasteiger partial charge >= 0.3 is 6.03 Å². The molecule has 2 rings (SSSR count). The zero-order chi connectivity index (χ0) is 13.5. The van der Waals surface area contributed by atoms with Gasteiger partial charge in [-0.2, -0.15) is 0 Å². The van der Waals surface area contributed by atoms with E-state index in [1.165, 1.54) is 5.56 Å². The van der Waals surface area contributed by atoms with Crippen molar-refractivity contribution in [2.24, 2.45) is 5.92 Å². The molecule has 2 amide bonds. The van der Waals surface area contributed by atoms with Gasteiger partial charge in [0.15, 0.2) is 0 Å². The van der Waals surface area contributed by atoms with Gasteiger partial charge in [-0.15, -0.1) is 0 Å². The maximum absolute atomic E-state index is 11.8. The topological polar surface area (TPSA) is 32.3 Å². The molecule has 1 aliphatic heterocycles. The van der Waals surface area contributed by atoms with Crippen LogP contribution < -0.4 is 5.32 Å². The summed E-state index contributed by atoms with van der Waals surface area (Å²) in [6, 6.07) is 10.6. The molecule has 1 N–H and O–H groups in total. The maximum atomic E-state index is 11.8. The summed E-state index contributed by atoms with van der Waals surface area (Å²) >= 11 is 0. The third-order valence-corrected chi connectivity index (χ3v) is 3.64. The minimum Gasteiger partial charge on any atom is -0.325 e. The van der Waals surface area contributed by atoms with Gasteiger partial charge in [0, 0.05) is 19.3 Å². The van der Waals surface area contributed by atoms with Crippen LogP contribution in [0.4, 0.5) is 4.79 Å². The first kappa shape index (κ1) is 13.7. The number of carbonyl (C=O) groups is 1. The molecule has 1 heterocycles. The minimum atomic E-state index is 0.0243. The van der Waals surface area contributed by atoms with Crippen LogP contribution in [-0.2, 0) is 6.42 Å². The zero-order valence-corrected chi connectivity index (χ0v) is 11.5. The number of benzene rings is 1. The molecule has 1 saturated heterocycles. The highest BCUT2D eigenvalue weighted by atomic mass is 16.2. The number of piperidine rings is 1. The van der Waals surface area contributed by atoms with Crippen LogP contribution in [0.25, 0.3) is 0 Å². The molecular weight excluding hydrogens is 236 g/mol. The van der Waals surface area contributed by atoms with E-state index in [-0.39, 0.29) is 6.03 Å². The first-order chi connectivity index (χ1) is 9.29. The highest BCUT2D eigenvalue weighted by Crippen LogP contribution is 2.21. The molecule has 1 aromatic carbocycles. The Balaban J connectivity index is 1.78. The summed E-state index contributed by atoms with van der Waals surface area (Å²) in [4.78, 5) is 13.7. The van der Waals surface area contributed by atoms with Crippen molar-refractivity contribution in [3.63, 3.8) is 0 Å². The molecule has 0 radical (unpaired) electrons. The van der Waals surface area contributed by atoms with Crippen molar-refractivity contribution in [1.82, 2.24) is 10.2 Å². The van der Waals surface area contributed by atoms with Crippen LogP contribution >= 0.6 is 0 Å². The molecule has 0 atom stereocenters. The van der Waals surface area contributed by atoms with E-state index in [4.69, 9.17) is 0 Å². The Kier molecular flexibility index (Phi) is 5.01. The lowest BCUT2D eigenvalue weighted by molar-refractivity contribution is 0.173. The number of rotatable bonds is 3. The predicted octanol–water partition coefficient (Wildman–Crippen LogP) is 3.18. The summed E-state index contributed by atoms with van der Waals surface area (Å²) in [6.07, 6.45) is 6.85. The Morgan fingerprint density at radius 3 is 2.63 bits per heavy atom. The molecule has 102 valence electrons. The van der Waals surface area contributed by atoms with E-state index in [1.807, 2.05) is 17.9 Å². The highest BCUT2D eigenvalue weighted by molar-refractivity contribution is 5.75. The average Bonchev–Trinajstić information content (AvgIpc) is 2.46. The maximum Gasteiger partial charge on any atom is 0.321 e. The van der Waals surface area contributed by atoms with Gasteiger partial charge in [0.25, 0.3) is 0 Å². The van der Waals surface area contributed by atoms with Crippen LogP contribution in [-0.4, -0.2) is 24.0 Å². The summed E-state index contributed by atoms with van der Waals surface area (Å²) in [5.41, 5.74) is 1.40. The second-order valence-electron chi connectivity index (χ2n) is 5.07. The molecule has 0 aliphatic carbocycles. The fourth-order valence-corrected chi connectivity index (χ4v) is 2.53. The van der Waals surface area contributed by atoms with E-state index < -0.39 is 0 Å². The molecule has 3 heteroatoms. The van der Waals surface area contributed by atoms with Gasteiger partial charge in [0.05, 0.1) is 0 Å². The normalized spacial score (nSPS) is 16.8. The third-order valence-electron chi connectivity index (χ3n) is 3.64. The molecule has 0 bridgehead atoms. The van der Waals surface area contributed by atoms with Crippen molar-refractivity contribution in [1.29, 1.82) is 0 Å². The lowest BCUT2D eigenvalue weighted by Crippen LogP contribution is -2.43. The number of carbonyl (C=O) groups excluding carboxylic acids is 1. The van der Waals surface area contributed by atoms with Crippen LogP contribution in [0, 0.1) is 5.92 Å². The van der Waals surface area contributed by atoms with E-state index in [1.54, 1.807) is 6.20 Å². The average molecular weight is 258 g/mol. The van der Waals surface area contributed by atoms with E-state index in [0.717, 1.165) is 32.4 Å². The van der Waals surface area contributed by atoms with E-state index >= 15 is 0 Å². The first-order valence-corrected chi connectivity index (χ1v) is 7.00. The summed E-state index contributed by atoms with van der Waals surface area (Å²) < 4.78 is 0. The fourth-order valence-electron chi connectivity index (χ4n) is 2.53. The van der Waals surface area contributed by atoms with E-state index in [9.17, 15) is 4.79 Å². The van der Waals surface area contributed by atoms with E-state index in [0.29, 0.717) is 5.92 Å². The summed E-state index contributed by atoms with van der Waals surface area (Å²) in [5, 5.41) is 2.77. The predicted molar refractivity (Wildman–Crippen MR) is 77.8 cm³/mol. The monoisotopic (exact) mass is 258 g/mol. The number of amides is 2. The lowest BCUT2D eigenvalue weighted by Gasteiger charge is -2.31. The molecular formula is C16H22N2O. The molecule has 3 nitrogen and oxygen atoms in total. The Morgan fingerprint density at radius 2 is 2.00 bits per heavy atom. The molecule has 1 aliphatic rings. The fraction of sp³-hybridized carbons (Fsp3) is 0.438. The number of likely N-dealkylation sites (tertiary alicyclic amines) is 1. The second-order valence-corrected chi connectivity index (χ2v) is 5.07. The van der Waals surface area contributed by atoms with Crippen molar-refractivity contribution >= 4 is 6.03 Å². The number of allylic oxidation sites excluding steroid dienone is 1. The van der Waals surface area contributed by atoms with E-state index in [2.05, 4.69) is 35.6 Å². The quantitative estimate of drug-likeness (QED) is 0.887. The number of urea groups is 1. The highest BCUT2D eigenvalue weighted by Gasteiger charge is 2.22. The van der Waals surface area contributed by atoms with Gasteiger partial charge < -0.3 is 10.2 Å². The van der Waals surface area contributed by atoms with Crippen LogP contribution in [0.1, 0.15) is 25.3 Å². The van der Waals surface area contributed by atoms with Crippen molar-refractivity contribution < 1.29 is 4.79 Å². The first-order valence-electron chi connectivity index (χ1n) is 7.00. The molecule has 0 saturated carbocycles. The molecule has 0 spiro atoms. The Labute approximate surface area is 115 Å². The van der Waals surface area contributed by atoms with Gasteiger partial charge in [-0.25, -0.2) is 4.79 Å². The van der Waals surface area contributed by atoms with Crippen molar-refractivity contribution in [2.45, 2.75) is 26.2 Å². The molecule has 1 aromatic rings. The molecule has 19 heavy (non-hydrogen) atoms. The summed E-state index contributed by atoms with van der Waals surface area (Å²) in [7, 11) is 0. The van der Waals surface area contributed by atoms with Gasteiger partial charge in [-0.05, 0) is 37.7 Å². The largest absolute Gasteiger partial charge is 0.325 e. The van der Waals surface area contributed by atoms with Crippen molar-refractivity contribution in [3.05, 3.63) is 48.2 Å². The van der Waals surface area contributed by atoms with Gasteiger partial charge in [0.2, 0.25) is 0 Å². The van der Waals surface area contributed by atoms with Crippen molar-refractivity contribution in [2.75, 3.05) is 13.1 Å². The Hall–Kier alpha value is -1.77. The molecule has 0 aromatic heterocycles. The van der Waals surface area contributed by atoms with Crippen LogP contribution in [0.2, 0.25) is 0 Å². The number of nitrogens with one attached hydrogen (secondary N) is 1. The van der Waals surface area contributed by atoms with Crippen molar-refractivity contribution in [3.8, 4) is 0 Å². The number of nitrogens with zero attached hydrogens (tertiary/aromatic N) is 1. The van der Waals surface area contributed by atoms with Gasteiger partial charge in [-0.3, -0.25) is 0 Å². The number of hydrogen-bond donors (Lipinski definition) is 1. The SMILES string of the molecule is C/C=C/NC(=O)N1CCC(Cc2ccccc2)CC1. The lowest BCUT2D eigenvalue weighted by atomic mass is 9.90. The molecule has 0 unspecified atom stereocenters. The summed E-state index contributed by atoms with van der Waals surface area (Å²) in [5.74, 6) is 0.702. The smallest absolute Gasteiger partial charge is 0.321 e. The number of hydrogen-bond acceptors (Lipinski definition) is 1. The third kappa shape index (κ3) is 4.12. The van der Waals surface area contributed by atoms with Crippen LogP contribution in [0.5, 0.6) is 0 Å². The Bertz CT molecular complexity index is 420. The Morgan fingerprint density at radius 1 is 1.32 bits per heavy atom. The van der Waals surface area contributed by atoms with Gasteiger partial charge in [0.1, 0.15) is 0 Å². The second kappa shape index (κ2) is 6.98. The zero-order valence-electron chi connectivity index (χ0n) is 11.5. The summed E-state index contributed by atoms with van der Waals surface area (Å²) in [6.45, 7) is 3.62. The van der Waals surface area contributed by atoms with Gasteiger partial charge in [-0.1, -0.05) is 36.4 Å². The van der Waals surface area contributed by atoms with Crippen LogP contribution in [0.3, 0.4) is 0 Å². The standard InChI is InChI=1S/C16H22N2O/c1-2-10-17-16(19)18-11-8-15(9-12-18)13-14-6-4-3-5-7-14/h2-7,10,15H,8-9,11-13H2,1H3,(H,17,19)/b10-2+. The van der Waals surface area contributed by atoms with Crippen LogP contribution in [0.15, 0.2) is 42.6 Å². The molecule has 1 fully saturated rings. The minimum absolute atomic E-state index is 0.0243.